The largest absolute Gasteiger partial charge is 0.496 e. The number of methoxy groups -OCH3 is 1. The standard InChI is InChI=1S/C21H21ClN4O2/c1-28-20-7-3-2-5-17(20)19-6-4-12-26(19)21(27)18-14-25(24-23-18)13-15-8-10-16(22)11-9-15/h2-3,5,7-11,14,19H,4,6,12-13H2,1H3/t19-/m1/s1. The zero-order chi connectivity index (χ0) is 19.5. The van der Waals surface area contributed by atoms with Crippen LogP contribution in [0.25, 0.3) is 0 Å². The molecule has 0 N–H and O–H groups in total. The molecule has 0 unspecified atom stereocenters. The number of carbonyl (C=O) groups excluding carboxylic acids is 1. The molecule has 144 valence electrons. The zero-order valence-corrected chi connectivity index (χ0v) is 16.3. The minimum Gasteiger partial charge on any atom is -0.496 e. The predicted octanol–water partition coefficient (Wildman–Crippen LogP) is 3.97. The molecule has 7 heteroatoms. The van der Waals surface area contributed by atoms with Gasteiger partial charge in [0, 0.05) is 17.1 Å². The highest BCUT2D eigenvalue weighted by molar-refractivity contribution is 6.30. The summed E-state index contributed by atoms with van der Waals surface area (Å²) >= 11 is 5.92. The van der Waals surface area contributed by atoms with Crippen molar-refractivity contribution < 1.29 is 9.53 Å². The van der Waals surface area contributed by atoms with E-state index in [2.05, 4.69) is 10.3 Å². The van der Waals surface area contributed by atoms with Gasteiger partial charge in [0.2, 0.25) is 0 Å². The van der Waals surface area contributed by atoms with Crippen LogP contribution in [0, 0.1) is 0 Å². The highest BCUT2D eigenvalue weighted by atomic mass is 35.5. The quantitative estimate of drug-likeness (QED) is 0.654. The molecule has 0 saturated carbocycles. The molecule has 2 heterocycles. The molecule has 1 atom stereocenters. The van der Waals surface area contributed by atoms with Gasteiger partial charge in [0.05, 0.1) is 25.9 Å². The number of nitrogens with zero attached hydrogens (tertiary/aromatic N) is 4. The molecule has 0 radical (unpaired) electrons. The van der Waals surface area contributed by atoms with Gasteiger partial charge in [-0.2, -0.15) is 0 Å². The molecule has 1 saturated heterocycles. The SMILES string of the molecule is COc1ccccc1[C@H]1CCCN1C(=O)c1cn(Cc2ccc(Cl)cc2)nn1. The van der Waals surface area contributed by atoms with Gasteiger partial charge < -0.3 is 9.64 Å². The third kappa shape index (κ3) is 3.73. The number of benzene rings is 2. The van der Waals surface area contributed by atoms with Gasteiger partial charge in [-0.25, -0.2) is 4.68 Å². The van der Waals surface area contributed by atoms with Gasteiger partial charge in [-0.1, -0.05) is 47.1 Å². The maximum absolute atomic E-state index is 13.1. The van der Waals surface area contributed by atoms with Crippen LogP contribution in [0.15, 0.2) is 54.7 Å². The second kappa shape index (κ2) is 8.02. The summed E-state index contributed by atoms with van der Waals surface area (Å²) in [6.45, 7) is 1.24. The van der Waals surface area contributed by atoms with Crippen molar-refractivity contribution in [2.24, 2.45) is 0 Å². The Balaban J connectivity index is 1.52. The van der Waals surface area contributed by atoms with Crippen LogP contribution in [0.1, 0.15) is 40.5 Å². The molecule has 0 spiro atoms. The maximum atomic E-state index is 13.1. The Morgan fingerprint density at radius 3 is 2.79 bits per heavy atom. The summed E-state index contributed by atoms with van der Waals surface area (Å²) in [5.74, 6) is 0.703. The van der Waals surface area contributed by atoms with Crippen LogP contribution < -0.4 is 4.74 Å². The fraction of sp³-hybridized carbons (Fsp3) is 0.286. The van der Waals surface area contributed by atoms with Crippen LogP contribution in [0.3, 0.4) is 0 Å². The average Bonchev–Trinajstić information content (AvgIpc) is 3.39. The summed E-state index contributed by atoms with van der Waals surface area (Å²) in [6, 6.07) is 15.4. The van der Waals surface area contributed by atoms with Gasteiger partial charge in [-0.3, -0.25) is 4.79 Å². The molecule has 1 aliphatic heterocycles. The van der Waals surface area contributed by atoms with E-state index in [1.54, 1.807) is 18.0 Å². The van der Waals surface area contributed by atoms with Crippen LogP contribution in [0.2, 0.25) is 5.02 Å². The van der Waals surface area contributed by atoms with Crippen molar-refractivity contribution in [1.29, 1.82) is 0 Å². The molecule has 0 aliphatic carbocycles. The van der Waals surface area contributed by atoms with Crippen LogP contribution >= 0.6 is 11.6 Å². The molecule has 3 aromatic rings. The van der Waals surface area contributed by atoms with Crippen LogP contribution in [0.4, 0.5) is 0 Å². The first-order valence-electron chi connectivity index (χ1n) is 9.24. The van der Waals surface area contributed by atoms with E-state index < -0.39 is 0 Å². The number of rotatable bonds is 5. The molecule has 6 nitrogen and oxygen atoms in total. The second-order valence-electron chi connectivity index (χ2n) is 6.83. The lowest BCUT2D eigenvalue weighted by Crippen LogP contribution is -2.31. The molecule has 1 fully saturated rings. The number of para-hydroxylation sites is 1. The number of hydrogen-bond donors (Lipinski definition) is 0. The van der Waals surface area contributed by atoms with E-state index in [9.17, 15) is 4.79 Å². The Hall–Kier alpha value is -2.86. The minimum atomic E-state index is -0.101. The monoisotopic (exact) mass is 396 g/mol. The second-order valence-corrected chi connectivity index (χ2v) is 7.26. The highest BCUT2D eigenvalue weighted by Gasteiger charge is 2.33. The predicted molar refractivity (Wildman–Crippen MR) is 107 cm³/mol. The van der Waals surface area contributed by atoms with E-state index in [-0.39, 0.29) is 11.9 Å². The van der Waals surface area contributed by atoms with Gasteiger partial charge in [0.25, 0.3) is 5.91 Å². The Labute approximate surface area is 168 Å². The van der Waals surface area contributed by atoms with E-state index in [4.69, 9.17) is 16.3 Å². The first-order valence-corrected chi connectivity index (χ1v) is 9.62. The third-order valence-corrected chi connectivity index (χ3v) is 5.28. The molecule has 1 aromatic heterocycles. The van der Waals surface area contributed by atoms with E-state index in [1.165, 1.54) is 0 Å². The lowest BCUT2D eigenvalue weighted by Gasteiger charge is -2.25. The molecule has 0 bridgehead atoms. The molecular formula is C21H21ClN4O2. The van der Waals surface area contributed by atoms with Crippen molar-refractivity contribution in [2.75, 3.05) is 13.7 Å². The number of hydrogen-bond acceptors (Lipinski definition) is 4. The van der Waals surface area contributed by atoms with Crippen LogP contribution in [-0.4, -0.2) is 39.5 Å². The van der Waals surface area contributed by atoms with Crippen molar-refractivity contribution in [3.8, 4) is 5.75 Å². The summed E-state index contributed by atoms with van der Waals surface area (Å²) in [5.41, 5.74) is 2.43. The fourth-order valence-corrected chi connectivity index (χ4v) is 3.80. The van der Waals surface area contributed by atoms with Crippen molar-refractivity contribution in [3.63, 3.8) is 0 Å². The van der Waals surface area contributed by atoms with Crippen LogP contribution in [-0.2, 0) is 6.54 Å². The van der Waals surface area contributed by atoms with E-state index >= 15 is 0 Å². The number of carbonyl (C=O) groups is 1. The van der Waals surface area contributed by atoms with Gasteiger partial charge >= 0.3 is 0 Å². The Morgan fingerprint density at radius 1 is 1.21 bits per heavy atom. The molecule has 28 heavy (non-hydrogen) atoms. The Kier molecular flexibility index (Phi) is 5.30. The smallest absolute Gasteiger partial charge is 0.276 e. The number of ether oxygens (including phenoxy) is 1. The Bertz CT molecular complexity index is 971. The Morgan fingerprint density at radius 2 is 2.00 bits per heavy atom. The summed E-state index contributed by atoms with van der Waals surface area (Å²) < 4.78 is 7.16. The topological polar surface area (TPSA) is 60.2 Å². The maximum Gasteiger partial charge on any atom is 0.276 e. The molecular weight excluding hydrogens is 376 g/mol. The zero-order valence-electron chi connectivity index (χ0n) is 15.6. The summed E-state index contributed by atoms with van der Waals surface area (Å²) in [7, 11) is 1.66. The summed E-state index contributed by atoms with van der Waals surface area (Å²) in [4.78, 5) is 15.0. The fourth-order valence-electron chi connectivity index (χ4n) is 3.67. The van der Waals surface area contributed by atoms with Crippen molar-refractivity contribution >= 4 is 17.5 Å². The molecule has 1 aliphatic rings. The van der Waals surface area contributed by atoms with Crippen LogP contribution in [0.5, 0.6) is 5.75 Å². The molecule has 1 amide bonds. The normalized spacial score (nSPS) is 16.4. The summed E-state index contributed by atoms with van der Waals surface area (Å²) in [5, 5.41) is 8.92. The van der Waals surface area contributed by atoms with Gasteiger partial charge in [-0.15, -0.1) is 5.10 Å². The number of halogens is 1. The number of likely N-dealkylation sites (tertiary alicyclic amines) is 1. The number of amides is 1. The lowest BCUT2D eigenvalue weighted by molar-refractivity contribution is 0.0728. The highest BCUT2D eigenvalue weighted by Crippen LogP contribution is 2.37. The first kappa shape index (κ1) is 18.5. The average molecular weight is 397 g/mol. The van der Waals surface area contributed by atoms with Crippen molar-refractivity contribution in [1.82, 2.24) is 19.9 Å². The van der Waals surface area contributed by atoms with Gasteiger partial charge in [0.1, 0.15) is 5.75 Å². The van der Waals surface area contributed by atoms with E-state index in [1.807, 2.05) is 53.4 Å². The van der Waals surface area contributed by atoms with Crippen molar-refractivity contribution in [2.45, 2.75) is 25.4 Å². The molecule has 2 aromatic carbocycles. The van der Waals surface area contributed by atoms with E-state index in [0.29, 0.717) is 23.8 Å². The van der Waals surface area contributed by atoms with Crippen molar-refractivity contribution in [3.05, 3.63) is 76.6 Å². The van der Waals surface area contributed by atoms with E-state index in [0.717, 1.165) is 29.7 Å². The lowest BCUT2D eigenvalue weighted by atomic mass is 10.0. The summed E-state index contributed by atoms with van der Waals surface area (Å²) in [6.07, 6.45) is 3.56. The number of aromatic nitrogens is 3. The van der Waals surface area contributed by atoms with Gasteiger partial charge in [0.15, 0.2) is 5.69 Å². The third-order valence-electron chi connectivity index (χ3n) is 5.03. The van der Waals surface area contributed by atoms with Gasteiger partial charge in [-0.05, 0) is 36.6 Å². The molecule has 4 rings (SSSR count). The minimum absolute atomic E-state index is 0.00920. The first-order chi connectivity index (χ1) is 13.7.